The fourth-order valence-corrected chi connectivity index (χ4v) is 2.96. The summed E-state index contributed by atoms with van der Waals surface area (Å²) in [7, 11) is 1.81. The Morgan fingerprint density at radius 3 is 2.38 bits per heavy atom. The number of rotatable bonds is 6. The summed E-state index contributed by atoms with van der Waals surface area (Å²) in [6.45, 7) is 11.8. The van der Waals surface area contributed by atoms with Gasteiger partial charge < -0.3 is 15.0 Å². The fraction of sp³-hybridized carbons (Fsp3) is 0.941. The summed E-state index contributed by atoms with van der Waals surface area (Å²) in [6.07, 6.45) is 5.25. The molecule has 4 heteroatoms. The number of carbonyl (C=O) groups is 1. The average molecular weight is 298 g/mol. The molecule has 1 N–H and O–H groups in total. The van der Waals surface area contributed by atoms with E-state index in [2.05, 4.69) is 19.2 Å². The van der Waals surface area contributed by atoms with Crippen LogP contribution in [0, 0.1) is 11.8 Å². The monoisotopic (exact) mass is 298 g/mol. The zero-order valence-electron chi connectivity index (χ0n) is 14.7. The Balaban J connectivity index is 2.25. The summed E-state index contributed by atoms with van der Waals surface area (Å²) in [5, 5.41) is 3.64. The van der Waals surface area contributed by atoms with Gasteiger partial charge in [-0.3, -0.25) is 0 Å². The van der Waals surface area contributed by atoms with E-state index in [1.54, 1.807) is 4.90 Å². The molecule has 0 aromatic carbocycles. The third-order valence-electron chi connectivity index (χ3n) is 4.19. The third-order valence-corrected chi connectivity index (χ3v) is 4.19. The van der Waals surface area contributed by atoms with E-state index in [4.69, 9.17) is 4.74 Å². The number of hydrogen-bond acceptors (Lipinski definition) is 3. The molecule has 1 saturated carbocycles. The highest BCUT2D eigenvalue weighted by Gasteiger charge is 2.23. The van der Waals surface area contributed by atoms with E-state index < -0.39 is 5.60 Å². The molecule has 2 unspecified atom stereocenters. The first kappa shape index (κ1) is 18.3. The summed E-state index contributed by atoms with van der Waals surface area (Å²) in [5.41, 5.74) is -0.427. The molecular formula is C17H34N2O2. The molecule has 0 bridgehead atoms. The molecule has 0 heterocycles. The van der Waals surface area contributed by atoms with Gasteiger partial charge in [-0.15, -0.1) is 0 Å². The Bertz CT molecular complexity index is 319. The van der Waals surface area contributed by atoms with Crippen molar-refractivity contribution < 1.29 is 9.53 Å². The van der Waals surface area contributed by atoms with Crippen LogP contribution in [-0.4, -0.2) is 42.8 Å². The van der Waals surface area contributed by atoms with E-state index in [-0.39, 0.29) is 6.09 Å². The Kier molecular flexibility index (Phi) is 6.98. The second kappa shape index (κ2) is 8.02. The highest BCUT2D eigenvalue weighted by atomic mass is 16.6. The molecule has 1 rings (SSSR count). The lowest BCUT2D eigenvalue weighted by atomic mass is 9.99. The summed E-state index contributed by atoms with van der Waals surface area (Å²) in [6, 6.07) is 0.585. The number of nitrogens with one attached hydrogen (secondary N) is 1. The summed E-state index contributed by atoms with van der Waals surface area (Å²) < 4.78 is 5.37. The zero-order chi connectivity index (χ0) is 16.0. The minimum Gasteiger partial charge on any atom is -0.444 e. The normalized spacial score (nSPS) is 19.3. The van der Waals surface area contributed by atoms with Crippen molar-refractivity contribution in [1.82, 2.24) is 10.2 Å². The lowest BCUT2D eigenvalue weighted by Crippen LogP contribution is -2.41. The van der Waals surface area contributed by atoms with Crippen LogP contribution < -0.4 is 5.32 Å². The molecule has 1 amide bonds. The van der Waals surface area contributed by atoms with Crippen LogP contribution in [0.15, 0.2) is 0 Å². The van der Waals surface area contributed by atoms with E-state index in [0.29, 0.717) is 12.0 Å². The highest BCUT2D eigenvalue weighted by Crippen LogP contribution is 2.27. The minimum absolute atomic E-state index is 0.238. The number of nitrogens with zero attached hydrogens (tertiary/aromatic N) is 1. The molecule has 1 fully saturated rings. The van der Waals surface area contributed by atoms with Crippen molar-refractivity contribution in [3.63, 3.8) is 0 Å². The molecule has 0 aliphatic heterocycles. The van der Waals surface area contributed by atoms with Gasteiger partial charge in [0.25, 0.3) is 0 Å². The van der Waals surface area contributed by atoms with E-state index in [1.807, 2.05) is 27.8 Å². The van der Waals surface area contributed by atoms with Crippen molar-refractivity contribution in [2.75, 3.05) is 20.1 Å². The maximum atomic E-state index is 11.9. The average Bonchev–Trinajstić information content (AvgIpc) is 2.87. The molecule has 4 nitrogen and oxygen atoms in total. The topological polar surface area (TPSA) is 41.6 Å². The second-order valence-corrected chi connectivity index (χ2v) is 7.71. The third kappa shape index (κ3) is 7.16. The van der Waals surface area contributed by atoms with Gasteiger partial charge in [0.15, 0.2) is 0 Å². The lowest BCUT2D eigenvalue weighted by Gasteiger charge is -2.28. The van der Waals surface area contributed by atoms with Crippen LogP contribution in [0.1, 0.15) is 60.3 Å². The quantitative estimate of drug-likeness (QED) is 0.813. The molecule has 0 aromatic rings. The number of carbonyl (C=O) groups excluding carboxylic acids is 1. The second-order valence-electron chi connectivity index (χ2n) is 7.71. The predicted molar refractivity (Wildman–Crippen MR) is 87.5 cm³/mol. The Hall–Kier alpha value is -0.770. The van der Waals surface area contributed by atoms with Crippen LogP contribution in [0.4, 0.5) is 4.79 Å². The summed E-state index contributed by atoms with van der Waals surface area (Å²) in [5.74, 6) is 1.26. The van der Waals surface area contributed by atoms with Gasteiger partial charge in [-0.1, -0.05) is 19.8 Å². The van der Waals surface area contributed by atoms with Gasteiger partial charge in [-0.25, -0.2) is 4.79 Å². The number of hydrogen-bond donors (Lipinski definition) is 1. The van der Waals surface area contributed by atoms with Crippen LogP contribution in [-0.2, 0) is 4.74 Å². The van der Waals surface area contributed by atoms with E-state index in [9.17, 15) is 4.79 Å². The van der Waals surface area contributed by atoms with Crippen molar-refractivity contribution >= 4 is 6.09 Å². The predicted octanol–water partition coefficient (Wildman–Crippen LogP) is 3.66. The van der Waals surface area contributed by atoms with Gasteiger partial charge in [-0.2, -0.15) is 0 Å². The standard InChI is InChI=1S/C17H34N2O2/c1-13(11-18-14(2)15-9-7-8-10-15)12-19(6)16(20)21-17(3,4)5/h13-15,18H,7-12H2,1-6H3. The molecule has 0 spiro atoms. The van der Waals surface area contributed by atoms with Crippen LogP contribution >= 0.6 is 0 Å². The van der Waals surface area contributed by atoms with Crippen LogP contribution in [0.25, 0.3) is 0 Å². The van der Waals surface area contributed by atoms with Crippen LogP contribution in [0.3, 0.4) is 0 Å². The largest absolute Gasteiger partial charge is 0.444 e. The first-order valence-electron chi connectivity index (χ1n) is 8.36. The maximum Gasteiger partial charge on any atom is 0.410 e. The van der Waals surface area contributed by atoms with Crippen molar-refractivity contribution in [2.45, 2.75) is 71.9 Å². The van der Waals surface area contributed by atoms with Gasteiger partial charge in [0.2, 0.25) is 0 Å². The van der Waals surface area contributed by atoms with E-state index >= 15 is 0 Å². The van der Waals surface area contributed by atoms with Crippen molar-refractivity contribution in [3.05, 3.63) is 0 Å². The van der Waals surface area contributed by atoms with Gasteiger partial charge in [-0.05, 0) is 58.9 Å². The summed E-state index contributed by atoms with van der Waals surface area (Å²) in [4.78, 5) is 13.6. The van der Waals surface area contributed by atoms with Crippen LogP contribution in [0.5, 0.6) is 0 Å². The molecule has 21 heavy (non-hydrogen) atoms. The lowest BCUT2D eigenvalue weighted by molar-refractivity contribution is 0.0276. The van der Waals surface area contributed by atoms with Crippen molar-refractivity contribution in [1.29, 1.82) is 0 Å². The molecule has 1 aliphatic carbocycles. The van der Waals surface area contributed by atoms with Gasteiger partial charge in [0, 0.05) is 19.6 Å². The van der Waals surface area contributed by atoms with Gasteiger partial charge in [0.05, 0.1) is 0 Å². The van der Waals surface area contributed by atoms with Gasteiger partial charge in [0.1, 0.15) is 5.60 Å². The molecule has 1 aliphatic rings. The fourth-order valence-electron chi connectivity index (χ4n) is 2.96. The summed E-state index contributed by atoms with van der Waals surface area (Å²) >= 11 is 0. The SMILES string of the molecule is CC(CNC(C)C1CCCC1)CN(C)C(=O)OC(C)(C)C. The zero-order valence-corrected chi connectivity index (χ0v) is 14.7. The minimum atomic E-state index is -0.427. The van der Waals surface area contributed by atoms with Crippen LogP contribution in [0.2, 0.25) is 0 Å². The van der Waals surface area contributed by atoms with Crippen molar-refractivity contribution in [2.24, 2.45) is 11.8 Å². The molecular weight excluding hydrogens is 264 g/mol. The molecule has 0 saturated heterocycles. The molecule has 2 atom stereocenters. The van der Waals surface area contributed by atoms with Gasteiger partial charge >= 0.3 is 6.09 Å². The first-order chi connectivity index (χ1) is 9.69. The van der Waals surface area contributed by atoms with E-state index in [1.165, 1.54) is 25.7 Å². The molecule has 0 radical (unpaired) electrons. The molecule has 124 valence electrons. The Morgan fingerprint density at radius 2 is 1.86 bits per heavy atom. The highest BCUT2D eigenvalue weighted by molar-refractivity contribution is 5.67. The number of ether oxygens (including phenoxy) is 1. The first-order valence-corrected chi connectivity index (χ1v) is 8.36. The Morgan fingerprint density at radius 1 is 1.29 bits per heavy atom. The smallest absolute Gasteiger partial charge is 0.410 e. The maximum absolute atomic E-state index is 11.9. The number of amides is 1. The van der Waals surface area contributed by atoms with E-state index in [0.717, 1.165) is 19.0 Å². The van der Waals surface area contributed by atoms with Crippen molar-refractivity contribution in [3.8, 4) is 0 Å². The molecule has 0 aromatic heterocycles. The Labute approximate surface area is 130 Å².